The Hall–Kier alpha value is -4.77. The molecule has 4 aromatic rings. The Labute approximate surface area is 318 Å². The highest BCUT2D eigenvalue weighted by atomic mass is 35.5. The predicted octanol–water partition coefficient (Wildman–Crippen LogP) is 8.67. The second-order valence-electron chi connectivity index (χ2n) is 15.5. The monoisotopic (exact) mass is 744 g/mol. The Morgan fingerprint density at radius 3 is 2.06 bits per heavy atom. The Kier molecular flexibility index (Phi) is 12.4. The molecule has 1 aromatic heterocycles. The summed E-state index contributed by atoms with van der Waals surface area (Å²) in [7, 11) is 1.51. The maximum atomic E-state index is 14.0. The number of methoxy groups -OCH3 is 1. The third kappa shape index (κ3) is 8.89. The van der Waals surface area contributed by atoms with Crippen molar-refractivity contribution in [2.24, 2.45) is 5.41 Å². The van der Waals surface area contributed by atoms with Gasteiger partial charge < -0.3 is 20.1 Å². The average molecular weight is 745 g/mol. The number of hydrogen-bond donors (Lipinski definition) is 2. The number of rotatable bonds is 15. The van der Waals surface area contributed by atoms with Crippen LogP contribution in [0, 0.1) is 5.41 Å². The minimum Gasteiger partial charge on any atom is -0.496 e. The standard InChI is InChI=1S/C41H53ClN6O5/c1-12-31(53-33-23-22-26(39(7,8)13-2)24-30(33)40(9,10)14-3)35(49)43-27-18-17-19-28(25-27)44-37(51)41(42,36(50)38(4,5)6)48-46-34(45-47-48)29-20-15-16-21-32(29)52-11/h15-25,31H,12-14H2,1-11H3,(H,43,49)(H,44,51). The van der Waals surface area contributed by atoms with Crippen LogP contribution < -0.4 is 20.1 Å². The number of carbonyl (C=O) groups excluding carboxylic acids is 3. The van der Waals surface area contributed by atoms with Gasteiger partial charge in [-0.2, -0.15) is 0 Å². The van der Waals surface area contributed by atoms with E-state index in [1.807, 2.05) is 13.0 Å². The van der Waals surface area contributed by atoms with Gasteiger partial charge in [0.25, 0.3) is 16.8 Å². The van der Waals surface area contributed by atoms with E-state index < -0.39 is 28.2 Å². The fourth-order valence-corrected chi connectivity index (χ4v) is 6.03. The van der Waals surface area contributed by atoms with Gasteiger partial charge in [-0.05, 0) is 77.3 Å². The maximum Gasteiger partial charge on any atom is 0.292 e. The molecule has 0 spiro atoms. The molecule has 0 fully saturated rings. The van der Waals surface area contributed by atoms with Gasteiger partial charge in [0, 0.05) is 22.4 Å². The number of ketones is 1. The molecule has 2 unspecified atom stereocenters. The van der Waals surface area contributed by atoms with Crippen LogP contribution >= 0.6 is 11.6 Å². The molecular formula is C41H53ClN6O5. The summed E-state index contributed by atoms with van der Waals surface area (Å²) in [6, 6.07) is 19.8. The van der Waals surface area contributed by atoms with E-state index in [0.717, 1.165) is 23.2 Å². The zero-order valence-corrected chi connectivity index (χ0v) is 33.5. The van der Waals surface area contributed by atoms with Crippen LogP contribution in [0.1, 0.15) is 99.6 Å². The van der Waals surface area contributed by atoms with E-state index in [1.54, 1.807) is 69.3 Å². The molecule has 2 atom stereocenters. The quantitative estimate of drug-likeness (QED) is 0.0912. The summed E-state index contributed by atoms with van der Waals surface area (Å²) in [5.74, 6) is -0.634. The molecule has 2 N–H and O–H groups in total. The summed E-state index contributed by atoms with van der Waals surface area (Å²) in [6.07, 6.45) is 1.50. The second-order valence-corrected chi connectivity index (χ2v) is 16.1. The first-order chi connectivity index (χ1) is 24.8. The molecule has 0 aliphatic heterocycles. The Bertz CT molecular complexity index is 1950. The molecule has 53 heavy (non-hydrogen) atoms. The molecule has 0 saturated heterocycles. The summed E-state index contributed by atoms with van der Waals surface area (Å²) in [6.45, 7) is 20.0. The highest BCUT2D eigenvalue weighted by molar-refractivity contribution is 6.45. The average Bonchev–Trinajstić information content (AvgIpc) is 3.63. The van der Waals surface area contributed by atoms with Gasteiger partial charge in [0.05, 0.1) is 12.7 Å². The number of halogens is 1. The molecule has 0 radical (unpaired) electrons. The van der Waals surface area contributed by atoms with E-state index in [2.05, 4.69) is 79.7 Å². The first-order valence-corrected chi connectivity index (χ1v) is 18.4. The van der Waals surface area contributed by atoms with E-state index >= 15 is 0 Å². The van der Waals surface area contributed by atoms with Crippen molar-refractivity contribution in [2.75, 3.05) is 17.7 Å². The third-order valence-electron chi connectivity index (χ3n) is 9.90. The van der Waals surface area contributed by atoms with Crippen molar-refractivity contribution in [3.05, 3.63) is 77.9 Å². The second kappa shape index (κ2) is 16.1. The SMILES string of the molecule is CCC(Oc1ccc(C(C)(C)CC)cc1C(C)(C)CC)C(=O)Nc1cccc(NC(=O)C(Cl)(C(=O)C(C)(C)C)n2nnc(-c3ccccc3OC)n2)c1. The molecule has 0 aliphatic carbocycles. The van der Waals surface area contributed by atoms with Gasteiger partial charge >= 0.3 is 0 Å². The number of carbonyl (C=O) groups is 3. The first kappa shape index (κ1) is 41.0. The van der Waals surface area contributed by atoms with Gasteiger partial charge in [0.15, 0.2) is 11.9 Å². The number of nitrogens with zero attached hydrogens (tertiary/aromatic N) is 4. The molecule has 0 aliphatic rings. The number of aromatic nitrogens is 4. The number of hydrogen-bond acceptors (Lipinski definition) is 8. The minimum atomic E-state index is -2.40. The zero-order valence-electron chi connectivity index (χ0n) is 32.8. The molecule has 3 aromatic carbocycles. The van der Waals surface area contributed by atoms with E-state index in [1.165, 1.54) is 12.7 Å². The van der Waals surface area contributed by atoms with Crippen LogP contribution in [0.5, 0.6) is 11.5 Å². The fraction of sp³-hybridized carbons (Fsp3) is 0.463. The van der Waals surface area contributed by atoms with Gasteiger partial charge in [-0.25, -0.2) is 0 Å². The molecule has 4 rings (SSSR count). The number of alkyl halides is 1. The van der Waals surface area contributed by atoms with Crippen molar-refractivity contribution in [1.29, 1.82) is 0 Å². The van der Waals surface area contributed by atoms with Crippen LogP contribution in [0.25, 0.3) is 11.4 Å². The summed E-state index contributed by atoms with van der Waals surface area (Å²) >= 11 is 6.95. The lowest BCUT2D eigenvalue weighted by atomic mass is 9.76. The third-order valence-corrected chi connectivity index (χ3v) is 10.4. The summed E-state index contributed by atoms with van der Waals surface area (Å²) in [5.41, 5.74) is 2.21. The van der Waals surface area contributed by atoms with Crippen LogP contribution in [0.4, 0.5) is 11.4 Å². The molecular weight excluding hydrogens is 692 g/mol. The fourth-order valence-electron chi connectivity index (χ4n) is 5.63. The summed E-state index contributed by atoms with van der Waals surface area (Å²) in [4.78, 5) is 39.9. The van der Waals surface area contributed by atoms with Crippen LogP contribution in [-0.2, 0) is 30.2 Å². The smallest absolute Gasteiger partial charge is 0.292 e. The van der Waals surface area contributed by atoms with E-state index in [-0.39, 0.29) is 28.2 Å². The van der Waals surface area contributed by atoms with Crippen LogP contribution in [-0.4, -0.2) is 51.0 Å². The van der Waals surface area contributed by atoms with Gasteiger partial charge in [0.2, 0.25) is 5.82 Å². The van der Waals surface area contributed by atoms with Gasteiger partial charge in [-0.1, -0.05) is 111 Å². The lowest BCUT2D eigenvalue weighted by molar-refractivity contribution is -0.139. The molecule has 0 bridgehead atoms. The topological polar surface area (TPSA) is 137 Å². The van der Waals surface area contributed by atoms with Gasteiger partial charge in [0.1, 0.15) is 11.5 Å². The zero-order chi connectivity index (χ0) is 39.4. The molecule has 2 amide bonds. The first-order valence-electron chi connectivity index (χ1n) is 18.0. The highest BCUT2D eigenvalue weighted by Crippen LogP contribution is 2.39. The van der Waals surface area contributed by atoms with E-state index in [4.69, 9.17) is 21.1 Å². The highest BCUT2D eigenvalue weighted by Gasteiger charge is 2.53. The van der Waals surface area contributed by atoms with E-state index in [9.17, 15) is 14.4 Å². The minimum absolute atomic E-state index is 0.00669. The van der Waals surface area contributed by atoms with Crippen molar-refractivity contribution in [3.8, 4) is 22.9 Å². The van der Waals surface area contributed by atoms with Crippen molar-refractivity contribution in [1.82, 2.24) is 20.2 Å². The molecule has 0 saturated carbocycles. The van der Waals surface area contributed by atoms with Crippen molar-refractivity contribution < 1.29 is 23.9 Å². The Balaban J connectivity index is 1.59. The number of ether oxygens (including phenoxy) is 2. The number of amides is 2. The predicted molar refractivity (Wildman–Crippen MR) is 210 cm³/mol. The number of nitrogens with one attached hydrogen (secondary N) is 2. The number of benzene rings is 3. The molecule has 284 valence electrons. The van der Waals surface area contributed by atoms with Crippen molar-refractivity contribution >= 4 is 40.6 Å². The molecule has 11 nitrogen and oxygen atoms in total. The van der Waals surface area contributed by atoms with Crippen molar-refractivity contribution in [3.63, 3.8) is 0 Å². The maximum absolute atomic E-state index is 14.0. The molecule has 1 heterocycles. The number of tetrazole rings is 1. The van der Waals surface area contributed by atoms with Crippen LogP contribution in [0.3, 0.4) is 0 Å². The van der Waals surface area contributed by atoms with E-state index in [0.29, 0.717) is 29.2 Å². The normalized spacial score (nSPS) is 13.8. The molecule has 12 heteroatoms. The lowest BCUT2D eigenvalue weighted by Crippen LogP contribution is -2.52. The number of anilines is 2. The number of Topliss-reactive ketones (excluding diaryl/α,β-unsaturated/α-hetero) is 1. The summed E-state index contributed by atoms with van der Waals surface area (Å²) < 4.78 is 11.9. The Morgan fingerprint density at radius 1 is 0.811 bits per heavy atom. The summed E-state index contributed by atoms with van der Waals surface area (Å²) in [5, 5.41) is 18.1. The lowest BCUT2D eigenvalue weighted by Gasteiger charge is -2.31. The van der Waals surface area contributed by atoms with Crippen LogP contribution in [0.15, 0.2) is 66.7 Å². The number of para-hydroxylation sites is 1. The van der Waals surface area contributed by atoms with Gasteiger partial charge in [-0.15, -0.1) is 15.0 Å². The Morgan fingerprint density at radius 2 is 1.45 bits per heavy atom. The largest absolute Gasteiger partial charge is 0.496 e. The van der Waals surface area contributed by atoms with Crippen LogP contribution in [0.2, 0.25) is 0 Å². The van der Waals surface area contributed by atoms with Crippen molar-refractivity contribution in [2.45, 2.75) is 110 Å². The van der Waals surface area contributed by atoms with Gasteiger partial charge in [-0.3, -0.25) is 14.4 Å².